The van der Waals surface area contributed by atoms with Crippen molar-refractivity contribution < 1.29 is 9.59 Å². The lowest BCUT2D eigenvalue weighted by Crippen LogP contribution is -2.52. The van der Waals surface area contributed by atoms with Crippen LogP contribution in [0.15, 0.2) is 0 Å². The van der Waals surface area contributed by atoms with Gasteiger partial charge in [-0.15, -0.1) is 0 Å². The highest BCUT2D eigenvalue weighted by atomic mass is 16.2. The average Bonchev–Trinajstić information content (AvgIpc) is 2.92. The molecule has 1 saturated carbocycles. The van der Waals surface area contributed by atoms with Gasteiger partial charge in [-0.1, -0.05) is 12.8 Å². The summed E-state index contributed by atoms with van der Waals surface area (Å²) in [5.74, 6) is -0.247. The van der Waals surface area contributed by atoms with Gasteiger partial charge >= 0.3 is 6.03 Å². The lowest BCUT2D eigenvalue weighted by Gasteiger charge is -2.33. The molecule has 1 unspecified atom stereocenters. The molecule has 6 nitrogen and oxygen atoms in total. The monoisotopic (exact) mass is 270 g/mol. The molecule has 0 radical (unpaired) electrons. The van der Waals surface area contributed by atoms with E-state index in [1.165, 1.54) is 19.9 Å². The number of imide groups is 1. The molecule has 0 heterocycles. The van der Waals surface area contributed by atoms with Crippen molar-refractivity contribution in [2.45, 2.75) is 51.1 Å². The number of rotatable bonds is 6. The smallest absolute Gasteiger partial charge is 0.321 e. The van der Waals surface area contributed by atoms with Gasteiger partial charge in [0, 0.05) is 19.6 Å². The third kappa shape index (κ3) is 4.80. The van der Waals surface area contributed by atoms with Gasteiger partial charge in [-0.25, -0.2) is 4.79 Å². The molecule has 0 spiro atoms. The highest BCUT2D eigenvalue weighted by Gasteiger charge is 2.30. The molecule has 0 aromatic heterocycles. The molecule has 0 bridgehead atoms. The normalized spacial score (nSPS) is 17.5. The Morgan fingerprint density at radius 1 is 1.37 bits per heavy atom. The van der Waals surface area contributed by atoms with Crippen molar-refractivity contribution in [3.8, 4) is 0 Å². The quantitative estimate of drug-likeness (QED) is 0.653. The van der Waals surface area contributed by atoms with E-state index >= 15 is 0 Å². The van der Waals surface area contributed by atoms with Crippen LogP contribution < -0.4 is 16.4 Å². The molecule has 0 saturated heterocycles. The van der Waals surface area contributed by atoms with Crippen LogP contribution in [0.3, 0.4) is 0 Å². The Kier molecular flexibility index (Phi) is 6.80. The second-order valence-electron chi connectivity index (χ2n) is 5.06. The lowest BCUT2D eigenvalue weighted by atomic mass is 10.1. The maximum atomic E-state index is 12.0. The number of nitrogens with zero attached hydrogens (tertiary/aromatic N) is 1. The van der Waals surface area contributed by atoms with Crippen LogP contribution >= 0.6 is 0 Å². The number of nitrogens with one attached hydrogen (secondary N) is 2. The Hall–Kier alpha value is -1.14. The summed E-state index contributed by atoms with van der Waals surface area (Å²) in [5, 5.41) is 4.74. The molecule has 110 valence electrons. The fourth-order valence-electron chi connectivity index (χ4n) is 2.63. The molecule has 1 atom stereocenters. The minimum Gasteiger partial charge on any atom is -0.341 e. The average molecular weight is 270 g/mol. The van der Waals surface area contributed by atoms with Crippen LogP contribution in [0.4, 0.5) is 4.79 Å². The first-order valence-electron chi connectivity index (χ1n) is 7.08. The van der Waals surface area contributed by atoms with E-state index in [4.69, 9.17) is 5.73 Å². The second kappa shape index (κ2) is 8.12. The Morgan fingerprint density at radius 2 is 2.00 bits per heavy atom. The summed E-state index contributed by atoms with van der Waals surface area (Å²) in [6.07, 6.45) is 5.56. The number of hydrogen-bond donors (Lipinski definition) is 3. The van der Waals surface area contributed by atoms with E-state index in [1.54, 1.807) is 0 Å². The van der Waals surface area contributed by atoms with Gasteiger partial charge in [-0.3, -0.25) is 15.0 Å². The molecule has 1 rings (SSSR count). The lowest BCUT2D eigenvalue weighted by molar-refractivity contribution is -0.125. The molecule has 0 aromatic rings. The zero-order chi connectivity index (χ0) is 14.3. The van der Waals surface area contributed by atoms with Gasteiger partial charge in [0.1, 0.15) is 0 Å². The molecule has 1 fully saturated rings. The third-order valence-electron chi connectivity index (χ3n) is 3.75. The molecule has 1 aliphatic rings. The molecule has 0 aliphatic heterocycles. The van der Waals surface area contributed by atoms with Crippen LogP contribution in [0.5, 0.6) is 0 Å². The van der Waals surface area contributed by atoms with Crippen molar-refractivity contribution >= 4 is 11.9 Å². The van der Waals surface area contributed by atoms with Gasteiger partial charge in [0.25, 0.3) is 0 Å². The standard InChI is InChI=1S/C13H26N4O2/c1-10(12(18)16-13(19)15-2)17(9-5-8-14)11-6-3-4-7-11/h10-11H,3-9,14H2,1-2H3,(H2,15,16,18,19). The van der Waals surface area contributed by atoms with Crippen LogP contribution in [0.1, 0.15) is 39.0 Å². The van der Waals surface area contributed by atoms with E-state index in [-0.39, 0.29) is 11.9 Å². The topological polar surface area (TPSA) is 87.5 Å². The van der Waals surface area contributed by atoms with Gasteiger partial charge in [-0.2, -0.15) is 0 Å². The van der Waals surface area contributed by atoms with Crippen LogP contribution in [-0.4, -0.2) is 49.1 Å². The fourth-order valence-corrected chi connectivity index (χ4v) is 2.63. The summed E-state index contributed by atoms with van der Waals surface area (Å²) in [6.45, 7) is 3.28. The molecular formula is C13H26N4O2. The second-order valence-corrected chi connectivity index (χ2v) is 5.06. The molecule has 6 heteroatoms. The SMILES string of the molecule is CNC(=O)NC(=O)C(C)N(CCCN)C1CCCC1. The zero-order valence-corrected chi connectivity index (χ0v) is 11.9. The van der Waals surface area contributed by atoms with Crippen molar-refractivity contribution in [1.82, 2.24) is 15.5 Å². The molecule has 19 heavy (non-hydrogen) atoms. The predicted molar refractivity (Wildman–Crippen MR) is 74.7 cm³/mol. The van der Waals surface area contributed by atoms with E-state index in [1.807, 2.05) is 6.92 Å². The van der Waals surface area contributed by atoms with Crippen molar-refractivity contribution in [3.05, 3.63) is 0 Å². The number of carbonyl (C=O) groups excluding carboxylic acids is 2. The van der Waals surface area contributed by atoms with Crippen LogP contribution in [0.2, 0.25) is 0 Å². The molecule has 3 amide bonds. The molecule has 1 aliphatic carbocycles. The Bertz CT molecular complexity index is 303. The van der Waals surface area contributed by atoms with E-state index in [2.05, 4.69) is 15.5 Å². The van der Waals surface area contributed by atoms with Crippen LogP contribution in [0, 0.1) is 0 Å². The van der Waals surface area contributed by atoms with E-state index < -0.39 is 6.03 Å². The molecule has 0 aromatic carbocycles. The number of carbonyl (C=O) groups is 2. The highest BCUT2D eigenvalue weighted by Crippen LogP contribution is 2.25. The van der Waals surface area contributed by atoms with Crippen molar-refractivity contribution in [3.63, 3.8) is 0 Å². The number of amides is 3. The first kappa shape index (κ1) is 15.9. The maximum absolute atomic E-state index is 12.0. The zero-order valence-electron chi connectivity index (χ0n) is 11.9. The number of hydrogen-bond acceptors (Lipinski definition) is 4. The van der Waals surface area contributed by atoms with E-state index in [9.17, 15) is 9.59 Å². The highest BCUT2D eigenvalue weighted by molar-refractivity contribution is 5.96. The minimum atomic E-state index is -0.456. The van der Waals surface area contributed by atoms with Gasteiger partial charge < -0.3 is 11.1 Å². The summed E-state index contributed by atoms with van der Waals surface area (Å²) in [5.41, 5.74) is 5.56. The van der Waals surface area contributed by atoms with Crippen molar-refractivity contribution in [2.75, 3.05) is 20.1 Å². The summed E-state index contributed by atoms with van der Waals surface area (Å²) < 4.78 is 0. The fraction of sp³-hybridized carbons (Fsp3) is 0.846. The molecular weight excluding hydrogens is 244 g/mol. The van der Waals surface area contributed by atoms with Crippen molar-refractivity contribution in [2.24, 2.45) is 5.73 Å². The predicted octanol–water partition coefficient (Wildman–Crippen LogP) is 0.424. The number of urea groups is 1. The summed E-state index contributed by atoms with van der Waals surface area (Å²) >= 11 is 0. The van der Waals surface area contributed by atoms with Crippen molar-refractivity contribution in [1.29, 1.82) is 0 Å². The van der Waals surface area contributed by atoms with Gasteiger partial charge in [-0.05, 0) is 32.7 Å². The summed E-state index contributed by atoms with van der Waals surface area (Å²) in [4.78, 5) is 25.4. The maximum Gasteiger partial charge on any atom is 0.321 e. The van der Waals surface area contributed by atoms with Gasteiger partial charge in [0.05, 0.1) is 6.04 Å². The van der Waals surface area contributed by atoms with E-state index in [0.717, 1.165) is 25.8 Å². The Balaban J connectivity index is 2.61. The summed E-state index contributed by atoms with van der Waals surface area (Å²) in [6, 6.07) is -0.314. The Morgan fingerprint density at radius 3 is 2.53 bits per heavy atom. The minimum absolute atomic E-state index is 0.247. The van der Waals surface area contributed by atoms with Crippen LogP contribution in [0.25, 0.3) is 0 Å². The van der Waals surface area contributed by atoms with Gasteiger partial charge in [0.2, 0.25) is 5.91 Å². The summed E-state index contributed by atoms with van der Waals surface area (Å²) in [7, 11) is 1.50. The largest absolute Gasteiger partial charge is 0.341 e. The molecule has 4 N–H and O–H groups in total. The first-order chi connectivity index (χ1) is 9.10. The Labute approximate surface area is 115 Å². The third-order valence-corrected chi connectivity index (χ3v) is 3.75. The van der Waals surface area contributed by atoms with Gasteiger partial charge in [0.15, 0.2) is 0 Å². The van der Waals surface area contributed by atoms with E-state index in [0.29, 0.717) is 12.6 Å². The van der Waals surface area contributed by atoms with Crippen LogP contribution in [-0.2, 0) is 4.79 Å². The number of nitrogens with two attached hydrogens (primary N) is 1. The first-order valence-corrected chi connectivity index (χ1v) is 7.08.